The van der Waals surface area contributed by atoms with Crippen LogP contribution in [0.3, 0.4) is 0 Å². The number of nitrogens with zero attached hydrogens (tertiary/aromatic N) is 2. The van der Waals surface area contributed by atoms with Gasteiger partial charge in [0.05, 0.1) is 11.7 Å². The topological polar surface area (TPSA) is 64.0 Å². The van der Waals surface area contributed by atoms with Gasteiger partial charge >= 0.3 is 0 Å². The van der Waals surface area contributed by atoms with E-state index in [0.29, 0.717) is 6.54 Å². The van der Waals surface area contributed by atoms with E-state index in [9.17, 15) is 9.59 Å². The molecule has 0 spiro atoms. The number of carbonyl (C=O) groups excluding carboxylic acids is 1. The maximum absolute atomic E-state index is 12.9. The number of carbonyl (C=O) groups is 1. The number of nitrogens with one attached hydrogen (secondary N) is 1. The summed E-state index contributed by atoms with van der Waals surface area (Å²) in [6, 6.07) is 7.67. The van der Waals surface area contributed by atoms with E-state index in [1.807, 2.05) is 31.2 Å². The minimum atomic E-state index is -0.104. The van der Waals surface area contributed by atoms with Gasteiger partial charge in [0.1, 0.15) is 4.83 Å². The van der Waals surface area contributed by atoms with E-state index in [2.05, 4.69) is 10.3 Å². The van der Waals surface area contributed by atoms with E-state index in [4.69, 9.17) is 0 Å². The number of fused-ring (bicyclic) bond motifs is 3. The average molecular weight is 367 g/mol. The van der Waals surface area contributed by atoms with Crippen molar-refractivity contribution in [3.63, 3.8) is 0 Å². The molecule has 2 heterocycles. The normalized spacial score (nSPS) is 13.6. The Morgan fingerprint density at radius 2 is 2.00 bits per heavy atom. The smallest absolute Gasteiger partial charge is 0.262 e. The van der Waals surface area contributed by atoms with Crippen molar-refractivity contribution in [3.05, 3.63) is 57.0 Å². The van der Waals surface area contributed by atoms with Crippen molar-refractivity contribution < 1.29 is 4.79 Å². The summed E-state index contributed by atoms with van der Waals surface area (Å²) >= 11 is 1.65. The number of amides is 1. The molecule has 2 aromatic heterocycles. The number of hydrogen-bond acceptors (Lipinski definition) is 4. The van der Waals surface area contributed by atoms with Crippen LogP contribution < -0.4 is 10.9 Å². The first-order valence-corrected chi connectivity index (χ1v) is 9.79. The van der Waals surface area contributed by atoms with Crippen LogP contribution in [0.4, 0.5) is 5.69 Å². The van der Waals surface area contributed by atoms with Crippen LogP contribution in [0.1, 0.15) is 35.3 Å². The van der Waals surface area contributed by atoms with Crippen LogP contribution in [0, 0.1) is 6.92 Å². The number of aryl methyl sites for hydroxylation is 4. The molecule has 4 rings (SSSR count). The summed E-state index contributed by atoms with van der Waals surface area (Å²) in [7, 11) is 0. The lowest BCUT2D eigenvalue weighted by molar-refractivity contribution is -0.116. The highest BCUT2D eigenvalue weighted by molar-refractivity contribution is 7.18. The van der Waals surface area contributed by atoms with Gasteiger partial charge in [-0.2, -0.15) is 0 Å². The third-order valence-corrected chi connectivity index (χ3v) is 6.06. The molecule has 0 saturated carbocycles. The molecule has 3 aromatic rings. The zero-order valence-corrected chi connectivity index (χ0v) is 15.6. The van der Waals surface area contributed by atoms with Crippen LogP contribution in [-0.2, 0) is 24.2 Å². The third-order valence-electron chi connectivity index (χ3n) is 4.86. The Hall–Kier alpha value is -2.47. The predicted molar refractivity (Wildman–Crippen MR) is 105 cm³/mol. The zero-order chi connectivity index (χ0) is 18.1. The lowest BCUT2D eigenvalue weighted by atomic mass is 9.97. The van der Waals surface area contributed by atoms with Gasteiger partial charge in [0.25, 0.3) is 5.56 Å². The fraction of sp³-hybridized carbons (Fsp3) is 0.350. The first kappa shape index (κ1) is 17.0. The largest absolute Gasteiger partial charge is 0.326 e. The van der Waals surface area contributed by atoms with Crippen LogP contribution in [-0.4, -0.2) is 15.5 Å². The van der Waals surface area contributed by atoms with E-state index >= 15 is 0 Å². The SMILES string of the molecule is Cc1ccc(NC(=O)CCn2cnc3sc4c(c3c2=O)CCCC4)cc1. The second kappa shape index (κ2) is 7.03. The summed E-state index contributed by atoms with van der Waals surface area (Å²) < 4.78 is 1.57. The lowest BCUT2D eigenvalue weighted by Gasteiger charge is -2.10. The van der Waals surface area contributed by atoms with Crippen molar-refractivity contribution in [2.45, 2.75) is 45.6 Å². The Labute approximate surface area is 155 Å². The highest BCUT2D eigenvalue weighted by Gasteiger charge is 2.20. The van der Waals surface area contributed by atoms with Crippen LogP contribution in [0.15, 0.2) is 35.4 Å². The van der Waals surface area contributed by atoms with Gasteiger partial charge in [0.15, 0.2) is 0 Å². The molecular formula is C20H21N3O2S. The second-order valence-corrected chi connectivity index (χ2v) is 7.88. The van der Waals surface area contributed by atoms with Gasteiger partial charge in [-0.15, -0.1) is 11.3 Å². The number of anilines is 1. The van der Waals surface area contributed by atoms with Gasteiger partial charge in [0, 0.05) is 23.5 Å². The van der Waals surface area contributed by atoms with Crippen molar-refractivity contribution >= 4 is 33.1 Å². The van der Waals surface area contributed by atoms with E-state index in [1.165, 1.54) is 16.9 Å². The molecule has 6 heteroatoms. The Balaban J connectivity index is 1.50. The molecule has 5 nitrogen and oxygen atoms in total. The molecule has 0 bridgehead atoms. The number of aromatic nitrogens is 2. The standard InChI is InChI=1S/C20H21N3O2S/c1-13-6-8-14(9-7-13)22-17(24)10-11-23-12-21-19-18(20(23)25)15-4-2-3-5-16(15)26-19/h6-9,12H,2-5,10-11H2,1H3,(H,22,24). The van der Waals surface area contributed by atoms with Crippen molar-refractivity contribution in [1.82, 2.24) is 9.55 Å². The zero-order valence-electron chi connectivity index (χ0n) is 14.7. The van der Waals surface area contributed by atoms with E-state index in [-0.39, 0.29) is 17.9 Å². The monoisotopic (exact) mass is 367 g/mol. The lowest BCUT2D eigenvalue weighted by Crippen LogP contribution is -2.24. The summed E-state index contributed by atoms with van der Waals surface area (Å²) in [5.41, 5.74) is 3.09. The number of hydrogen-bond donors (Lipinski definition) is 1. The second-order valence-electron chi connectivity index (χ2n) is 6.80. The van der Waals surface area contributed by atoms with Crippen molar-refractivity contribution in [1.29, 1.82) is 0 Å². The minimum Gasteiger partial charge on any atom is -0.326 e. The molecule has 0 atom stereocenters. The molecule has 0 fully saturated rings. The molecule has 1 amide bonds. The molecule has 0 unspecified atom stereocenters. The van der Waals surface area contributed by atoms with Gasteiger partial charge in [-0.3, -0.25) is 14.2 Å². The van der Waals surface area contributed by atoms with Gasteiger partial charge in [0.2, 0.25) is 5.91 Å². The van der Waals surface area contributed by atoms with Crippen molar-refractivity contribution in [2.24, 2.45) is 0 Å². The molecule has 26 heavy (non-hydrogen) atoms. The van der Waals surface area contributed by atoms with Crippen LogP contribution in [0.5, 0.6) is 0 Å². The van der Waals surface area contributed by atoms with Gasteiger partial charge in [-0.1, -0.05) is 17.7 Å². The highest BCUT2D eigenvalue weighted by atomic mass is 32.1. The summed E-state index contributed by atoms with van der Waals surface area (Å²) in [6.45, 7) is 2.34. The van der Waals surface area contributed by atoms with Gasteiger partial charge in [-0.25, -0.2) is 4.98 Å². The summed E-state index contributed by atoms with van der Waals surface area (Å²) in [5, 5.41) is 3.64. The van der Waals surface area contributed by atoms with E-state index in [0.717, 1.165) is 40.7 Å². The third kappa shape index (κ3) is 3.29. The number of thiophene rings is 1. The fourth-order valence-electron chi connectivity index (χ4n) is 3.42. The molecule has 0 saturated heterocycles. The fourth-order valence-corrected chi connectivity index (χ4v) is 4.64. The summed E-state index contributed by atoms with van der Waals surface area (Å²) in [5.74, 6) is -0.104. The van der Waals surface area contributed by atoms with Crippen molar-refractivity contribution in [2.75, 3.05) is 5.32 Å². The number of rotatable bonds is 4. The van der Waals surface area contributed by atoms with E-state index in [1.54, 1.807) is 22.2 Å². The first-order valence-electron chi connectivity index (χ1n) is 8.98. The minimum absolute atomic E-state index is 0.0162. The molecule has 0 aliphatic heterocycles. The quantitative estimate of drug-likeness (QED) is 0.765. The maximum atomic E-state index is 12.9. The Kier molecular flexibility index (Phi) is 4.59. The average Bonchev–Trinajstić information content (AvgIpc) is 3.02. The van der Waals surface area contributed by atoms with Crippen LogP contribution in [0.2, 0.25) is 0 Å². The molecular weight excluding hydrogens is 346 g/mol. The first-order chi connectivity index (χ1) is 12.6. The van der Waals surface area contributed by atoms with Crippen molar-refractivity contribution in [3.8, 4) is 0 Å². The molecule has 1 N–H and O–H groups in total. The van der Waals surface area contributed by atoms with Crippen LogP contribution >= 0.6 is 11.3 Å². The summed E-state index contributed by atoms with van der Waals surface area (Å²) in [4.78, 5) is 31.7. The van der Waals surface area contributed by atoms with Gasteiger partial charge < -0.3 is 5.32 Å². The van der Waals surface area contributed by atoms with E-state index < -0.39 is 0 Å². The Morgan fingerprint density at radius 1 is 1.23 bits per heavy atom. The molecule has 1 aromatic carbocycles. The predicted octanol–water partition coefficient (Wildman–Crippen LogP) is 3.67. The van der Waals surface area contributed by atoms with Crippen LogP contribution in [0.25, 0.3) is 10.2 Å². The maximum Gasteiger partial charge on any atom is 0.262 e. The highest BCUT2D eigenvalue weighted by Crippen LogP contribution is 2.33. The van der Waals surface area contributed by atoms with Gasteiger partial charge in [-0.05, 0) is 50.3 Å². The molecule has 134 valence electrons. The Bertz CT molecular complexity index is 1020. The molecule has 0 radical (unpaired) electrons. The number of benzene rings is 1. The molecule has 1 aliphatic rings. The summed E-state index contributed by atoms with van der Waals surface area (Å²) in [6.07, 6.45) is 6.15. The Morgan fingerprint density at radius 3 is 2.81 bits per heavy atom. The molecule has 1 aliphatic carbocycles.